The maximum atomic E-state index is 11.8. The van der Waals surface area contributed by atoms with Gasteiger partial charge in [0.15, 0.2) is 0 Å². The van der Waals surface area contributed by atoms with Crippen LogP contribution in [0.25, 0.3) is 10.4 Å². The van der Waals surface area contributed by atoms with E-state index in [1.807, 2.05) is 18.3 Å². The molecule has 0 spiro atoms. The predicted molar refractivity (Wildman–Crippen MR) is 115 cm³/mol. The van der Waals surface area contributed by atoms with Crippen LogP contribution in [0.2, 0.25) is 0 Å². The molecule has 1 aromatic heterocycles. The number of amides is 2. The third kappa shape index (κ3) is 5.63. The Bertz CT molecular complexity index is 891. The van der Waals surface area contributed by atoms with Crippen LogP contribution in [0.5, 0.6) is 5.75 Å². The number of thiazole rings is 1. The minimum atomic E-state index is -0.961. The Hall–Kier alpha value is -2.81. The number of methoxy groups -OCH3 is 1. The van der Waals surface area contributed by atoms with Crippen molar-refractivity contribution in [3.8, 4) is 16.2 Å². The Morgan fingerprint density at radius 3 is 2.60 bits per heavy atom. The minimum absolute atomic E-state index is 0.0284. The zero-order chi connectivity index (χ0) is 21.7. The van der Waals surface area contributed by atoms with Gasteiger partial charge in [-0.3, -0.25) is 5.32 Å². The summed E-state index contributed by atoms with van der Waals surface area (Å²) in [6.07, 6.45) is 3.65. The second-order valence-corrected chi connectivity index (χ2v) is 8.62. The highest BCUT2D eigenvalue weighted by Gasteiger charge is 2.26. The largest absolute Gasteiger partial charge is 0.496 e. The molecule has 1 aliphatic rings. The summed E-state index contributed by atoms with van der Waals surface area (Å²) in [6.45, 7) is 3.58. The molecular formula is C21H27N3O5S. The highest BCUT2D eigenvalue weighted by molar-refractivity contribution is 7.15. The molecule has 1 heterocycles. The fourth-order valence-electron chi connectivity index (χ4n) is 3.59. The van der Waals surface area contributed by atoms with Crippen molar-refractivity contribution in [2.45, 2.75) is 57.6 Å². The quantitative estimate of drug-likeness (QED) is 0.587. The molecule has 2 aromatic rings. The lowest BCUT2D eigenvalue weighted by atomic mass is 9.86. The molecule has 0 aliphatic heterocycles. The summed E-state index contributed by atoms with van der Waals surface area (Å²) >= 11 is 1.63. The lowest BCUT2D eigenvalue weighted by molar-refractivity contribution is 0.130. The molecule has 0 atom stereocenters. The average molecular weight is 434 g/mol. The molecule has 9 heteroatoms. The number of hydrogen-bond donors (Lipinski definition) is 3. The number of carboxylic acid groups (broad SMARTS) is 1. The zero-order valence-electron chi connectivity index (χ0n) is 17.3. The highest BCUT2D eigenvalue weighted by atomic mass is 32.1. The Balaban J connectivity index is 1.69. The number of ether oxygens (including phenoxy) is 2. The first-order valence-corrected chi connectivity index (χ1v) is 10.8. The lowest BCUT2D eigenvalue weighted by Gasteiger charge is -2.27. The molecule has 0 bridgehead atoms. The van der Waals surface area contributed by atoms with E-state index in [4.69, 9.17) is 14.6 Å². The van der Waals surface area contributed by atoms with Gasteiger partial charge in [0.25, 0.3) is 0 Å². The topological polar surface area (TPSA) is 110 Å². The smallest absolute Gasteiger partial charge is 0.411 e. The van der Waals surface area contributed by atoms with Gasteiger partial charge in [-0.15, -0.1) is 11.3 Å². The van der Waals surface area contributed by atoms with E-state index in [2.05, 4.69) is 15.6 Å². The molecule has 0 radical (unpaired) electrons. The molecule has 1 fully saturated rings. The van der Waals surface area contributed by atoms with Crippen LogP contribution >= 0.6 is 11.3 Å². The van der Waals surface area contributed by atoms with Gasteiger partial charge in [0.1, 0.15) is 5.75 Å². The molecule has 1 aromatic carbocycles. The van der Waals surface area contributed by atoms with E-state index in [9.17, 15) is 9.59 Å². The van der Waals surface area contributed by atoms with Gasteiger partial charge in [-0.1, -0.05) is 0 Å². The van der Waals surface area contributed by atoms with Gasteiger partial charge in [0, 0.05) is 35.5 Å². The summed E-state index contributed by atoms with van der Waals surface area (Å²) in [5, 5.41) is 15.2. The Kier molecular flexibility index (Phi) is 7.15. The summed E-state index contributed by atoms with van der Waals surface area (Å²) in [4.78, 5) is 28.2. The second kappa shape index (κ2) is 9.80. The first kappa shape index (κ1) is 21.9. The third-order valence-corrected chi connectivity index (χ3v) is 6.18. The molecule has 3 rings (SSSR count). The normalized spacial score (nSPS) is 18.7. The monoisotopic (exact) mass is 433 g/mol. The van der Waals surface area contributed by atoms with E-state index >= 15 is 0 Å². The van der Waals surface area contributed by atoms with Crippen LogP contribution in [0.3, 0.4) is 0 Å². The zero-order valence-corrected chi connectivity index (χ0v) is 18.1. The summed E-state index contributed by atoms with van der Waals surface area (Å²) in [6, 6.07) is 5.50. The van der Waals surface area contributed by atoms with Crippen molar-refractivity contribution in [1.82, 2.24) is 10.3 Å². The Morgan fingerprint density at radius 2 is 1.97 bits per heavy atom. The standard InChI is InChI=1S/C21H27N3O5S/c1-12(2)29-21(27)24-15-8-9-16(17(10-15)28-3)18-11-22-19(30-18)13-4-6-14(7-5-13)23-20(25)26/h8-14,23H,4-7H2,1-3H3,(H,24,27)(H,25,26)/t13-,14-. The Labute approximate surface area is 179 Å². The average Bonchev–Trinajstić information content (AvgIpc) is 3.17. The fourth-order valence-corrected chi connectivity index (χ4v) is 4.71. The number of nitrogens with zero attached hydrogens (tertiary/aromatic N) is 1. The van der Waals surface area contributed by atoms with Crippen molar-refractivity contribution < 1.29 is 24.2 Å². The van der Waals surface area contributed by atoms with Crippen molar-refractivity contribution in [2.24, 2.45) is 0 Å². The first-order valence-electron chi connectivity index (χ1n) is 9.97. The van der Waals surface area contributed by atoms with Crippen LogP contribution in [0.1, 0.15) is 50.5 Å². The number of rotatable bonds is 6. The molecule has 162 valence electrons. The van der Waals surface area contributed by atoms with Gasteiger partial charge in [-0.05, 0) is 51.7 Å². The number of nitrogens with one attached hydrogen (secondary N) is 2. The van der Waals surface area contributed by atoms with Crippen LogP contribution in [0, 0.1) is 0 Å². The minimum Gasteiger partial charge on any atom is -0.496 e. The van der Waals surface area contributed by atoms with Crippen LogP contribution in [0.4, 0.5) is 15.3 Å². The van der Waals surface area contributed by atoms with Gasteiger partial charge < -0.3 is 19.9 Å². The van der Waals surface area contributed by atoms with Gasteiger partial charge >= 0.3 is 12.2 Å². The van der Waals surface area contributed by atoms with Crippen molar-refractivity contribution in [1.29, 1.82) is 0 Å². The second-order valence-electron chi connectivity index (χ2n) is 7.55. The maximum absolute atomic E-state index is 11.8. The number of carbonyl (C=O) groups excluding carboxylic acids is 1. The predicted octanol–water partition coefficient (Wildman–Crippen LogP) is 5.07. The van der Waals surface area contributed by atoms with Crippen molar-refractivity contribution in [3.05, 3.63) is 29.4 Å². The Morgan fingerprint density at radius 1 is 1.23 bits per heavy atom. The van der Waals surface area contributed by atoms with Crippen LogP contribution in [-0.2, 0) is 4.74 Å². The lowest BCUT2D eigenvalue weighted by Crippen LogP contribution is -2.36. The number of benzene rings is 1. The number of hydrogen-bond acceptors (Lipinski definition) is 6. The number of carbonyl (C=O) groups is 2. The molecule has 2 amide bonds. The molecule has 3 N–H and O–H groups in total. The third-order valence-electron chi connectivity index (χ3n) is 4.98. The molecular weight excluding hydrogens is 406 g/mol. The van der Waals surface area contributed by atoms with Crippen molar-refractivity contribution >= 4 is 29.2 Å². The molecule has 0 unspecified atom stereocenters. The van der Waals surface area contributed by atoms with E-state index in [1.54, 1.807) is 38.4 Å². The number of aromatic nitrogens is 1. The summed E-state index contributed by atoms with van der Waals surface area (Å²) in [5.41, 5.74) is 1.50. The van der Waals surface area contributed by atoms with E-state index in [-0.39, 0.29) is 12.1 Å². The van der Waals surface area contributed by atoms with Crippen LogP contribution in [-0.4, -0.2) is 41.5 Å². The molecule has 30 heavy (non-hydrogen) atoms. The molecule has 0 saturated heterocycles. The summed E-state index contributed by atoms with van der Waals surface area (Å²) < 4.78 is 10.6. The maximum Gasteiger partial charge on any atom is 0.411 e. The van der Waals surface area contributed by atoms with E-state index in [1.165, 1.54) is 0 Å². The molecule has 1 aliphatic carbocycles. The van der Waals surface area contributed by atoms with Crippen LogP contribution in [0.15, 0.2) is 24.4 Å². The van der Waals surface area contributed by atoms with Gasteiger partial charge in [-0.2, -0.15) is 0 Å². The van der Waals surface area contributed by atoms with Crippen molar-refractivity contribution in [2.75, 3.05) is 12.4 Å². The van der Waals surface area contributed by atoms with E-state index < -0.39 is 12.2 Å². The van der Waals surface area contributed by atoms with Gasteiger partial charge in [0.05, 0.1) is 23.1 Å². The van der Waals surface area contributed by atoms with Gasteiger partial charge in [0.2, 0.25) is 0 Å². The van der Waals surface area contributed by atoms with E-state index in [0.29, 0.717) is 17.4 Å². The van der Waals surface area contributed by atoms with Crippen molar-refractivity contribution in [3.63, 3.8) is 0 Å². The molecule has 8 nitrogen and oxygen atoms in total. The first-order chi connectivity index (χ1) is 14.4. The molecule has 1 saturated carbocycles. The number of anilines is 1. The van der Waals surface area contributed by atoms with E-state index in [0.717, 1.165) is 41.1 Å². The van der Waals surface area contributed by atoms with Gasteiger partial charge in [-0.25, -0.2) is 14.6 Å². The SMILES string of the molecule is COc1cc(NC(=O)OC(C)C)ccc1-c1cnc([C@H]2CC[C@H](NC(=O)O)CC2)s1. The fraction of sp³-hybridized carbons (Fsp3) is 0.476. The highest BCUT2D eigenvalue weighted by Crippen LogP contribution is 2.40. The summed E-state index contributed by atoms with van der Waals surface area (Å²) in [7, 11) is 1.59. The summed E-state index contributed by atoms with van der Waals surface area (Å²) in [5.74, 6) is 0.982. The van der Waals surface area contributed by atoms with Crippen LogP contribution < -0.4 is 15.4 Å².